The van der Waals surface area contributed by atoms with Crippen molar-refractivity contribution in [3.63, 3.8) is 0 Å². The number of benzene rings is 1. The molecule has 1 aromatic carbocycles. The van der Waals surface area contributed by atoms with Crippen LogP contribution in [0.3, 0.4) is 0 Å². The first-order valence-electron chi connectivity index (χ1n) is 5.15. The number of anilines is 1. The zero-order valence-corrected chi connectivity index (χ0v) is 9.37. The highest BCUT2D eigenvalue weighted by molar-refractivity contribution is 5.93. The first-order valence-corrected chi connectivity index (χ1v) is 5.15. The molecule has 0 radical (unpaired) electrons. The van der Waals surface area contributed by atoms with Crippen LogP contribution >= 0.6 is 0 Å². The Morgan fingerprint density at radius 3 is 2.80 bits per heavy atom. The zero-order valence-electron chi connectivity index (χ0n) is 9.37. The minimum atomic E-state index is -0.00815. The number of amides is 1. The maximum atomic E-state index is 11.6. The predicted molar refractivity (Wildman–Crippen MR) is 60.9 cm³/mol. The molecule has 1 unspecified atom stereocenters. The molecule has 0 bridgehead atoms. The smallest absolute Gasteiger partial charge is 0.227 e. The molecule has 0 saturated carbocycles. The van der Waals surface area contributed by atoms with Crippen LogP contribution in [0.15, 0.2) is 18.2 Å². The maximum absolute atomic E-state index is 11.6. The van der Waals surface area contributed by atoms with E-state index in [-0.39, 0.29) is 17.6 Å². The van der Waals surface area contributed by atoms with Gasteiger partial charge in [0.2, 0.25) is 5.91 Å². The molecule has 0 aliphatic carbocycles. The lowest BCUT2D eigenvalue weighted by Crippen LogP contribution is -2.20. The van der Waals surface area contributed by atoms with Crippen LogP contribution in [0.2, 0.25) is 0 Å². The molecule has 1 aromatic rings. The Labute approximate surface area is 90.1 Å². The van der Waals surface area contributed by atoms with Crippen LogP contribution in [0.5, 0.6) is 5.75 Å². The normalized spacial score (nSPS) is 12.2. The summed E-state index contributed by atoms with van der Waals surface area (Å²) in [5.41, 5.74) is 1.38. The molecule has 0 fully saturated rings. The first-order chi connectivity index (χ1) is 7.06. The molecule has 15 heavy (non-hydrogen) atoms. The predicted octanol–water partition coefficient (Wildman–Crippen LogP) is 2.69. The molecule has 2 N–H and O–H groups in total. The van der Waals surface area contributed by atoms with Crippen molar-refractivity contribution in [2.24, 2.45) is 5.92 Å². The Morgan fingerprint density at radius 1 is 1.53 bits per heavy atom. The molecule has 1 atom stereocenters. The molecular weight excluding hydrogens is 190 g/mol. The number of nitrogens with one attached hydrogen (secondary N) is 1. The number of phenols is 1. The molecule has 82 valence electrons. The Hall–Kier alpha value is -1.51. The van der Waals surface area contributed by atoms with Crippen LogP contribution in [0.25, 0.3) is 0 Å². The number of phenolic OH excluding ortho intramolecular Hbond substituents is 1. The summed E-state index contributed by atoms with van der Waals surface area (Å²) in [5.74, 6) is 0.190. The van der Waals surface area contributed by atoms with Crippen molar-refractivity contribution in [2.75, 3.05) is 5.32 Å². The van der Waals surface area contributed by atoms with Gasteiger partial charge in [-0.15, -0.1) is 0 Å². The van der Waals surface area contributed by atoms with E-state index in [1.54, 1.807) is 25.1 Å². The van der Waals surface area contributed by atoms with E-state index in [0.29, 0.717) is 11.3 Å². The third-order valence-corrected chi connectivity index (χ3v) is 2.62. The third-order valence-electron chi connectivity index (χ3n) is 2.62. The number of carbonyl (C=O) groups excluding carboxylic acids is 1. The number of rotatable bonds is 3. The second-order valence-corrected chi connectivity index (χ2v) is 3.75. The van der Waals surface area contributed by atoms with Gasteiger partial charge in [0.25, 0.3) is 0 Å². The average Bonchev–Trinajstić information content (AvgIpc) is 2.23. The van der Waals surface area contributed by atoms with E-state index in [0.717, 1.165) is 6.42 Å². The summed E-state index contributed by atoms with van der Waals surface area (Å²) in [7, 11) is 0. The van der Waals surface area contributed by atoms with Crippen molar-refractivity contribution in [1.29, 1.82) is 0 Å². The van der Waals surface area contributed by atoms with Crippen molar-refractivity contribution in [2.45, 2.75) is 27.2 Å². The van der Waals surface area contributed by atoms with Gasteiger partial charge in [0.1, 0.15) is 5.75 Å². The summed E-state index contributed by atoms with van der Waals surface area (Å²) in [6, 6.07) is 5.11. The summed E-state index contributed by atoms with van der Waals surface area (Å²) < 4.78 is 0. The molecule has 3 heteroatoms. The monoisotopic (exact) mass is 207 g/mol. The van der Waals surface area contributed by atoms with E-state index in [2.05, 4.69) is 5.32 Å². The van der Waals surface area contributed by atoms with Gasteiger partial charge in [0, 0.05) is 17.2 Å². The Kier molecular flexibility index (Phi) is 3.72. The Balaban J connectivity index is 2.81. The fourth-order valence-electron chi connectivity index (χ4n) is 1.20. The van der Waals surface area contributed by atoms with E-state index >= 15 is 0 Å². The lowest BCUT2D eigenvalue weighted by atomic mass is 10.1. The van der Waals surface area contributed by atoms with Crippen molar-refractivity contribution < 1.29 is 9.90 Å². The van der Waals surface area contributed by atoms with Crippen LogP contribution in [0, 0.1) is 12.8 Å². The first kappa shape index (κ1) is 11.6. The summed E-state index contributed by atoms with van der Waals surface area (Å²) in [6.45, 7) is 5.63. The highest BCUT2D eigenvalue weighted by atomic mass is 16.3. The summed E-state index contributed by atoms with van der Waals surface area (Å²) in [5, 5.41) is 12.3. The molecule has 1 amide bonds. The molecule has 3 nitrogen and oxygen atoms in total. The second kappa shape index (κ2) is 4.82. The van der Waals surface area contributed by atoms with Crippen LogP contribution in [-0.2, 0) is 4.79 Å². The van der Waals surface area contributed by atoms with Gasteiger partial charge < -0.3 is 10.4 Å². The fraction of sp³-hybridized carbons (Fsp3) is 0.417. The molecular formula is C12H17NO2. The highest BCUT2D eigenvalue weighted by Gasteiger charge is 2.12. The van der Waals surface area contributed by atoms with E-state index in [1.165, 1.54) is 0 Å². The van der Waals surface area contributed by atoms with Crippen LogP contribution in [0.1, 0.15) is 25.8 Å². The summed E-state index contributed by atoms with van der Waals surface area (Å²) >= 11 is 0. The minimum Gasteiger partial charge on any atom is -0.508 e. The Morgan fingerprint density at radius 2 is 2.20 bits per heavy atom. The number of aromatic hydroxyl groups is 1. The molecule has 0 aliphatic heterocycles. The zero-order chi connectivity index (χ0) is 11.4. The van der Waals surface area contributed by atoms with Crippen LogP contribution in [-0.4, -0.2) is 11.0 Å². The molecule has 0 heterocycles. The van der Waals surface area contributed by atoms with E-state index in [9.17, 15) is 9.90 Å². The van der Waals surface area contributed by atoms with Gasteiger partial charge >= 0.3 is 0 Å². The lowest BCUT2D eigenvalue weighted by molar-refractivity contribution is -0.119. The van der Waals surface area contributed by atoms with Crippen LogP contribution < -0.4 is 5.32 Å². The molecule has 0 aromatic heterocycles. The Bertz CT molecular complexity index is 361. The average molecular weight is 207 g/mol. The maximum Gasteiger partial charge on any atom is 0.227 e. The molecule has 0 aliphatic rings. The SMILES string of the molecule is CCC(C)C(=O)Nc1cccc(O)c1C. The van der Waals surface area contributed by atoms with Gasteiger partial charge in [-0.25, -0.2) is 0 Å². The largest absolute Gasteiger partial charge is 0.508 e. The van der Waals surface area contributed by atoms with Crippen LogP contribution in [0.4, 0.5) is 5.69 Å². The highest BCUT2D eigenvalue weighted by Crippen LogP contribution is 2.24. The van der Waals surface area contributed by atoms with Gasteiger partial charge in [0.05, 0.1) is 0 Å². The lowest BCUT2D eigenvalue weighted by Gasteiger charge is -2.12. The quantitative estimate of drug-likeness (QED) is 0.800. The van der Waals surface area contributed by atoms with Crippen molar-refractivity contribution in [3.05, 3.63) is 23.8 Å². The summed E-state index contributed by atoms with van der Waals surface area (Å²) in [4.78, 5) is 11.6. The number of carbonyl (C=O) groups is 1. The van der Waals surface area contributed by atoms with E-state index in [1.807, 2.05) is 13.8 Å². The third kappa shape index (κ3) is 2.72. The molecule has 0 spiro atoms. The number of hydrogen-bond acceptors (Lipinski definition) is 2. The van der Waals surface area contributed by atoms with Crippen molar-refractivity contribution in [1.82, 2.24) is 0 Å². The summed E-state index contributed by atoms with van der Waals surface area (Å²) in [6.07, 6.45) is 0.809. The topological polar surface area (TPSA) is 49.3 Å². The van der Waals surface area contributed by atoms with Gasteiger partial charge in [-0.2, -0.15) is 0 Å². The van der Waals surface area contributed by atoms with Gasteiger partial charge in [-0.05, 0) is 25.5 Å². The fourth-order valence-corrected chi connectivity index (χ4v) is 1.20. The standard InChI is InChI=1S/C12H17NO2/c1-4-8(2)12(15)13-10-6-5-7-11(14)9(10)3/h5-8,14H,4H2,1-3H3,(H,13,15). The van der Waals surface area contributed by atoms with Crippen molar-refractivity contribution in [3.8, 4) is 5.75 Å². The number of hydrogen-bond donors (Lipinski definition) is 2. The molecule has 1 rings (SSSR count). The van der Waals surface area contributed by atoms with Gasteiger partial charge in [0.15, 0.2) is 0 Å². The van der Waals surface area contributed by atoms with E-state index in [4.69, 9.17) is 0 Å². The van der Waals surface area contributed by atoms with Gasteiger partial charge in [-0.1, -0.05) is 19.9 Å². The second-order valence-electron chi connectivity index (χ2n) is 3.75. The molecule has 0 saturated heterocycles. The minimum absolute atomic E-state index is 0.00764. The van der Waals surface area contributed by atoms with Gasteiger partial charge in [-0.3, -0.25) is 4.79 Å². The van der Waals surface area contributed by atoms with E-state index < -0.39 is 0 Å². The van der Waals surface area contributed by atoms with Crippen molar-refractivity contribution >= 4 is 11.6 Å².